The molecule has 1 amide bonds. The number of halogens is 3. The smallest absolute Gasteiger partial charge is 0.355 e. The SMILES string of the molecule is CN(C)CCNC(=O)CC(CCN)C(F)(F)F. The number of nitrogens with zero attached hydrogens (tertiary/aromatic N) is 1. The number of alkyl halides is 3. The summed E-state index contributed by atoms with van der Waals surface area (Å²) in [7, 11) is 3.64. The van der Waals surface area contributed by atoms with Crippen LogP contribution in [0.1, 0.15) is 12.8 Å². The molecule has 0 bridgehead atoms. The average Bonchev–Trinajstić information content (AvgIpc) is 2.15. The van der Waals surface area contributed by atoms with Gasteiger partial charge >= 0.3 is 6.18 Å². The molecular formula is C10H20F3N3O. The first-order chi connectivity index (χ1) is 7.77. The number of carbonyl (C=O) groups is 1. The molecule has 4 nitrogen and oxygen atoms in total. The molecule has 0 aromatic rings. The largest absolute Gasteiger partial charge is 0.392 e. The summed E-state index contributed by atoms with van der Waals surface area (Å²) in [4.78, 5) is 13.1. The van der Waals surface area contributed by atoms with Crippen LogP contribution in [0, 0.1) is 5.92 Å². The lowest BCUT2D eigenvalue weighted by molar-refractivity contribution is -0.180. The first-order valence-electron chi connectivity index (χ1n) is 5.45. The fraction of sp³-hybridized carbons (Fsp3) is 0.900. The number of hydrogen-bond donors (Lipinski definition) is 2. The first-order valence-corrected chi connectivity index (χ1v) is 5.45. The second kappa shape index (κ2) is 7.50. The Morgan fingerprint density at radius 2 is 2.00 bits per heavy atom. The Hall–Kier alpha value is -0.820. The molecule has 0 rings (SSSR count). The van der Waals surface area contributed by atoms with Gasteiger partial charge in [0.2, 0.25) is 5.91 Å². The fourth-order valence-corrected chi connectivity index (χ4v) is 1.30. The van der Waals surface area contributed by atoms with Crippen molar-refractivity contribution in [2.24, 2.45) is 11.7 Å². The standard InChI is InChI=1S/C10H20F3N3O/c1-16(2)6-5-15-9(17)7-8(3-4-14)10(11,12)13/h8H,3-7,14H2,1-2H3,(H,15,17). The van der Waals surface area contributed by atoms with E-state index in [1.54, 1.807) is 0 Å². The molecule has 0 saturated carbocycles. The van der Waals surface area contributed by atoms with E-state index >= 15 is 0 Å². The minimum atomic E-state index is -4.36. The Labute approximate surface area is 99.3 Å². The number of rotatable bonds is 7. The van der Waals surface area contributed by atoms with Crippen molar-refractivity contribution in [1.29, 1.82) is 0 Å². The Kier molecular flexibility index (Phi) is 7.13. The maximum absolute atomic E-state index is 12.5. The minimum absolute atomic E-state index is 0.0743. The van der Waals surface area contributed by atoms with Crippen molar-refractivity contribution in [3.63, 3.8) is 0 Å². The topological polar surface area (TPSA) is 58.4 Å². The highest BCUT2D eigenvalue weighted by molar-refractivity contribution is 5.76. The van der Waals surface area contributed by atoms with E-state index < -0.39 is 24.4 Å². The Balaban J connectivity index is 4.05. The summed E-state index contributed by atoms with van der Waals surface area (Å²) >= 11 is 0. The van der Waals surface area contributed by atoms with Crippen molar-refractivity contribution in [2.45, 2.75) is 19.0 Å². The summed E-state index contributed by atoms with van der Waals surface area (Å²) in [6.07, 6.45) is -5.13. The van der Waals surface area contributed by atoms with Crippen molar-refractivity contribution >= 4 is 5.91 Å². The summed E-state index contributed by atoms with van der Waals surface area (Å²) in [6, 6.07) is 0. The number of nitrogens with two attached hydrogens (primary N) is 1. The van der Waals surface area contributed by atoms with Crippen LogP contribution in [0.4, 0.5) is 13.2 Å². The molecular weight excluding hydrogens is 235 g/mol. The quantitative estimate of drug-likeness (QED) is 0.699. The Morgan fingerprint density at radius 1 is 1.41 bits per heavy atom. The van der Waals surface area contributed by atoms with Crippen LogP contribution >= 0.6 is 0 Å². The third kappa shape index (κ3) is 7.98. The van der Waals surface area contributed by atoms with Gasteiger partial charge in [-0.25, -0.2) is 0 Å². The zero-order valence-electron chi connectivity index (χ0n) is 10.2. The number of carbonyl (C=O) groups excluding carboxylic acids is 1. The van der Waals surface area contributed by atoms with Gasteiger partial charge in [0.05, 0.1) is 5.92 Å². The van der Waals surface area contributed by atoms with Crippen molar-refractivity contribution in [2.75, 3.05) is 33.7 Å². The molecule has 0 aliphatic carbocycles. The third-order valence-electron chi connectivity index (χ3n) is 2.29. The van der Waals surface area contributed by atoms with Gasteiger partial charge in [0.1, 0.15) is 0 Å². The molecule has 0 aromatic heterocycles. The highest BCUT2D eigenvalue weighted by Gasteiger charge is 2.39. The summed E-state index contributed by atoms with van der Waals surface area (Å²) in [5.74, 6) is -2.23. The van der Waals surface area contributed by atoms with Crippen LogP contribution in [0.15, 0.2) is 0 Å². The molecule has 0 radical (unpaired) electrons. The molecule has 3 N–H and O–H groups in total. The van der Waals surface area contributed by atoms with Crippen molar-refractivity contribution in [3.05, 3.63) is 0 Å². The molecule has 0 heterocycles. The number of likely N-dealkylation sites (N-methyl/N-ethyl adjacent to an activating group) is 1. The van der Waals surface area contributed by atoms with Gasteiger partial charge in [-0.05, 0) is 27.1 Å². The number of amides is 1. The summed E-state index contributed by atoms with van der Waals surface area (Å²) in [5.41, 5.74) is 5.10. The van der Waals surface area contributed by atoms with E-state index in [0.717, 1.165) is 0 Å². The summed E-state index contributed by atoms with van der Waals surface area (Å²) < 4.78 is 37.4. The number of nitrogens with one attached hydrogen (secondary N) is 1. The lowest BCUT2D eigenvalue weighted by Crippen LogP contribution is -2.35. The van der Waals surface area contributed by atoms with Crippen LogP contribution in [0.5, 0.6) is 0 Å². The van der Waals surface area contributed by atoms with Gasteiger partial charge in [0.25, 0.3) is 0 Å². The van der Waals surface area contributed by atoms with E-state index in [1.165, 1.54) is 0 Å². The summed E-state index contributed by atoms with van der Waals surface area (Å²) in [5, 5.41) is 2.45. The molecule has 0 spiro atoms. The monoisotopic (exact) mass is 255 g/mol. The molecule has 102 valence electrons. The van der Waals surface area contributed by atoms with E-state index in [-0.39, 0.29) is 13.0 Å². The Bertz CT molecular complexity index is 231. The summed E-state index contributed by atoms with van der Waals surface area (Å²) in [6.45, 7) is 0.869. The van der Waals surface area contributed by atoms with E-state index in [1.807, 2.05) is 19.0 Å². The highest BCUT2D eigenvalue weighted by Crippen LogP contribution is 2.30. The predicted molar refractivity (Wildman–Crippen MR) is 59.4 cm³/mol. The predicted octanol–water partition coefficient (Wildman–Crippen LogP) is 0.582. The second-order valence-electron chi connectivity index (χ2n) is 4.17. The zero-order chi connectivity index (χ0) is 13.5. The van der Waals surface area contributed by atoms with Gasteiger partial charge in [-0.2, -0.15) is 13.2 Å². The van der Waals surface area contributed by atoms with Gasteiger partial charge in [0, 0.05) is 19.5 Å². The van der Waals surface area contributed by atoms with Gasteiger partial charge in [-0.3, -0.25) is 4.79 Å². The van der Waals surface area contributed by atoms with Crippen LogP contribution in [0.25, 0.3) is 0 Å². The van der Waals surface area contributed by atoms with Crippen LogP contribution < -0.4 is 11.1 Å². The van der Waals surface area contributed by atoms with Crippen molar-refractivity contribution < 1.29 is 18.0 Å². The fourth-order valence-electron chi connectivity index (χ4n) is 1.30. The molecule has 17 heavy (non-hydrogen) atoms. The van der Waals surface area contributed by atoms with Crippen LogP contribution in [0.2, 0.25) is 0 Å². The molecule has 0 fully saturated rings. The zero-order valence-corrected chi connectivity index (χ0v) is 10.2. The number of hydrogen-bond acceptors (Lipinski definition) is 3. The third-order valence-corrected chi connectivity index (χ3v) is 2.29. The lowest BCUT2D eigenvalue weighted by atomic mass is 10.0. The van der Waals surface area contributed by atoms with Crippen molar-refractivity contribution in [3.8, 4) is 0 Å². The van der Waals surface area contributed by atoms with Gasteiger partial charge < -0.3 is 16.0 Å². The van der Waals surface area contributed by atoms with Crippen LogP contribution in [-0.4, -0.2) is 50.7 Å². The van der Waals surface area contributed by atoms with Gasteiger partial charge in [-0.15, -0.1) is 0 Å². The first kappa shape index (κ1) is 16.2. The van der Waals surface area contributed by atoms with Gasteiger partial charge in [-0.1, -0.05) is 0 Å². The molecule has 1 unspecified atom stereocenters. The molecule has 0 aliphatic rings. The van der Waals surface area contributed by atoms with E-state index in [0.29, 0.717) is 13.1 Å². The van der Waals surface area contributed by atoms with Crippen LogP contribution in [-0.2, 0) is 4.79 Å². The van der Waals surface area contributed by atoms with Crippen LogP contribution in [0.3, 0.4) is 0 Å². The molecule has 7 heteroatoms. The second-order valence-corrected chi connectivity index (χ2v) is 4.17. The molecule has 0 saturated heterocycles. The van der Waals surface area contributed by atoms with E-state index in [2.05, 4.69) is 5.32 Å². The van der Waals surface area contributed by atoms with E-state index in [4.69, 9.17) is 5.73 Å². The maximum atomic E-state index is 12.5. The highest BCUT2D eigenvalue weighted by atomic mass is 19.4. The minimum Gasteiger partial charge on any atom is -0.355 e. The lowest BCUT2D eigenvalue weighted by Gasteiger charge is -2.19. The van der Waals surface area contributed by atoms with Gasteiger partial charge in [0.15, 0.2) is 0 Å². The van der Waals surface area contributed by atoms with E-state index in [9.17, 15) is 18.0 Å². The Morgan fingerprint density at radius 3 is 2.41 bits per heavy atom. The normalized spacial score (nSPS) is 13.8. The van der Waals surface area contributed by atoms with Crippen molar-refractivity contribution in [1.82, 2.24) is 10.2 Å². The average molecular weight is 255 g/mol. The molecule has 0 aromatic carbocycles. The maximum Gasteiger partial charge on any atom is 0.392 e. The molecule has 1 atom stereocenters. The molecule has 0 aliphatic heterocycles.